The second kappa shape index (κ2) is 10.2. The minimum atomic E-state index is -0.214. The van der Waals surface area contributed by atoms with Gasteiger partial charge in [-0.2, -0.15) is 0 Å². The molecule has 10 heteroatoms. The Kier molecular flexibility index (Phi) is 7.35. The summed E-state index contributed by atoms with van der Waals surface area (Å²) in [7, 11) is 0. The molecular formula is C22H27Cl2N5O3. The van der Waals surface area contributed by atoms with E-state index < -0.39 is 0 Å². The molecule has 3 heterocycles. The Morgan fingerprint density at radius 3 is 3.00 bits per heavy atom. The fourth-order valence-electron chi connectivity index (χ4n) is 4.01. The first-order valence-electron chi connectivity index (χ1n) is 10.8. The summed E-state index contributed by atoms with van der Waals surface area (Å²) in [5.74, 6) is 0.541. The number of rotatable bonds is 5. The average Bonchev–Trinajstić information content (AvgIpc) is 2.80. The molecule has 8 nitrogen and oxygen atoms in total. The SMILES string of the molecule is C[C@@H](NC(=O)N1CCc2cnc(N[C@H]3CCO[C@@H](CO)C3)nc2C1)c1ccc(Cl)c(Cl)c1. The third kappa shape index (κ3) is 5.43. The van der Waals surface area contributed by atoms with Crippen molar-refractivity contribution in [3.05, 3.63) is 51.3 Å². The summed E-state index contributed by atoms with van der Waals surface area (Å²) in [4.78, 5) is 23.7. The van der Waals surface area contributed by atoms with Crippen molar-refractivity contribution in [1.82, 2.24) is 20.2 Å². The first-order chi connectivity index (χ1) is 15.4. The number of ether oxygens (including phenoxy) is 1. The molecule has 0 spiro atoms. The minimum Gasteiger partial charge on any atom is -0.394 e. The van der Waals surface area contributed by atoms with Crippen molar-refractivity contribution >= 4 is 35.2 Å². The van der Waals surface area contributed by atoms with Crippen LogP contribution in [0.15, 0.2) is 24.4 Å². The van der Waals surface area contributed by atoms with E-state index in [-0.39, 0.29) is 30.8 Å². The number of fused-ring (bicyclic) bond motifs is 1. The van der Waals surface area contributed by atoms with Crippen molar-refractivity contribution in [2.75, 3.05) is 25.1 Å². The standard InChI is InChI=1S/C22H27Cl2N5O3/c1-13(14-2-3-18(23)19(24)8-14)26-22(31)29-6-4-15-10-25-21(28-20(15)11-29)27-16-5-7-32-17(9-16)12-30/h2-3,8,10,13,16-17,30H,4-7,9,11-12H2,1H3,(H,26,31)(H,25,27,28)/t13-,16+,17-/m1/s1. The van der Waals surface area contributed by atoms with Gasteiger partial charge in [-0.25, -0.2) is 14.8 Å². The number of hydrogen-bond donors (Lipinski definition) is 3. The van der Waals surface area contributed by atoms with Gasteiger partial charge in [0.1, 0.15) is 0 Å². The van der Waals surface area contributed by atoms with E-state index in [4.69, 9.17) is 27.9 Å². The van der Waals surface area contributed by atoms with Crippen molar-refractivity contribution in [1.29, 1.82) is 0 Å². The number of hydrogen-bond acceptors (Lipinski definition) is 6. The highest BCUT2D eigenvalue weighted by Crippen LogP contribution is 2.26. The lowest BCUT2D eigenvalue weighted by Crippen LogP contribution is -2.44. The van der Waals surface area contributed by atoms with E-state index in [1.54, 1.807) is 17.0 Å². The van der Waals surface area contributed by atoms with E-state index in [0.717, 1.165) is 23.2 Å². The van der Waals surface area contributed by atoms with Crippen LogP contribution in [0.25, 0.3) is 0 Å². The molecule has 172 valence electrons. The smallest absolute Gasteiger partial charge is 0.318 e. The lowest BCUT2D eigenvalue weighted by molar-refractivity contribution is -0.0213. The van der Waals surface area contributed by atoms with Crippen molar-refractivity contribution in [3.63, 3.8) is 0 Å². The fraction of sp³-hybridized carbons (Fsp3) is 0.500. The highest BCUT2D eigenvalue weighted by Gasteiger charge is 2.26. The highest BCUT2D eigenvalue weighted by atomic mass is 35.5. The molecule has 1 aromatic heterocycles. The zero-order valence-electron chi connectivity index (χ0n) is 17.9. The van der Waals surface area contributed by atoms with Gasteiger partial charge >= 0.3 is 6.03 Å². The highest BCUT2D eigenvalue weighted by molar-refractivity contribution is 6.42. The summed E-state index contributed by atoms with van der Waals surface area (Å²) in [5, 5.41) is 16.7. The molecule has 2 aliphatic heterocycles. The third-order valence-electron chi connectivity index (χ3n) is 5.92. The normalized spacial score (nSPS) is 21.6. The molecule has 0 radical (unpaired) electrons. The van der Waals surface area contributed by atoms with Crippen molar-refractivity contribution in [3.8, 4) is 0 Å². The van der Waals surface area contributed by atoms with Crippen molar-refractivity contribution < 1.29 is 14.6 Å². The number of aromatic nitrogens is 2. The van der Waals surface area contributed by atoms with Crippen LogP contribution in [0.5, 0.6) is 0 Å². The quantitative estimate of drug-likeness (QED) is 0.605. The first-order valence-corrected chi connectivity index (χ1v) is 11.5. The molecule has 0 aliphatic carbocycles. The summed E-state index contributed by atoms with van der Waals surface area (Å²) >= 11 is 12.1. The number of carbonyl (C=O) groups excluding carboxylic acids is 1. The van der Waals surface area contributed by atoms with Gasteiger partial charge in [0.25, 0.3) is 0 Å². The molecule has 32 heavy (non-hydrogen) atoms. The molecule has 0 bridgehead atoms. The minimum absolute atomic E-state index is 0.00788. The number of amides is 2. The van der Waals surface area contributed by atoms with Gasteiger partial charge in [-0.15, -0.1) is 0 Å². The second-order valence-corrected chi connectivity index (χ2v) is 9.04. The van der Waals surface area contributed by atoms with E-state index in [1.807, 2.05) is 19.2 Å². The number of aliphatic hydroxyl groups is 1. The lowest BCUT2D eigenvalue weighted by Gasteiger charge is -2.31. The summed E-state index contributed by atoms with van der Waals surface area (Å²) < 4.78 is 5.51. The Balaban J connectivity index is 1.38. The van der Waals surface area contributed by atoms with Gasteiger partial charge in [-0.3, -0.25) is 0 Å². The molecule has 1 aromatic carbocycles. The molecule has 4 rings (SSSR count). The first kappa shape index (κ1) is 23.0. The van der Waals surface area contributed by atoms with Gasteiger partial charge in [-0.1, -0.05) is 29.3 Å². The number of anilines is 1. The predicted octanol–water partition coefficient (Wildman–Crippen LogP) is 3.56. The molecule has 1 fully saturated rings. The number of nitrogens with zero attached hydrogens (tertiary/aromatic N) is 3. The van der Waals surface area contributed by atoms with Gasteiger partial charge in [0.2, 0.25) is 5.95 Å². The van der Waals surface area contributed by atoms with E-state index in [0.29, 0.717) is 48.5 Å². The number of carbonyl (C=O) groups is 1. The fourth-order valence-corrected chi connectivity index (χ4v) is 4.32. The van der Waals surface area contributed by atoms with Crippen LogP contribution in [0, 0.1) is 0 Å². The number of nitrogens with one attached hydrogen (secondary N) is 2. The maximum Gasteiger partial charge on any atom is 0.318 e. The van der Waals surface area contributed by atoms with E-state index in [1.165, 1.54) is 0 Å². The molecule has 2 aliphatic rings. The Bertz CT molecular complexity index is 977. The van der Waals surface area contributed by atoms with Crippen molar-refractivity contribution in [2.24, 2.45) is 0 Å². The molecule has 0 unspecified atom stereocenters. The number of halogens is 2. The van der Waals surface area contributed by atoms with Crippen molar-refractivity contribution in [2.45, 2.75) is 50.9 Å². The van der Waals surface area contributed by atoms with Crippen LogP contribution in [0.3, 0.4) is 0 Å². The van der Waals surface area contributed by atoms with Gasteiger partial charge in [0, 0.05) is 25.4 Å². The van der Waals surface area contributed by atoms with E-state index in [2.05, 4.69) is 20.6 Å². The molecule has 2 amide bonds. The van der Waals surface area contributed by atoms with E-state index >= 15 is 0 Å². The van der Waals surface area contributed by atoms with Crippen LogP contribution in [0.4, 0.5) is 10.7 Å². The topological polar surface area (TPSA) is 99.6 Å². The third-order valence-corrected chi connectivity index (χ3v) is 6.66. The molecule has 0 saturated carbocycles. The number of benzene rings is 1. The van der Waals surface area contributed by atoms with Gasteiger partial charge in [0.05, 0.1) is 41.0 Å². The number of aliphatic hydroxyl groups excluding tert-OH is 1. The monoisotopic (exact) mass is 479 g/mol. The second-order valence-electron chi connectivity index (χ2n) is 8.22. The zero-order chi connectivity index (χ0) is 22.7. The molecule has 1 saturated heterocycles. The van der Waals surface area contributed by atoms with Gasteiger partial charge in [0.15, 0.2) is 0 Å². The van der Waals surface area contributed by atoms with E-state index in [9.17, 15) is 9.90 Å². The lowest BCUT2D eigenvalue weighted by atomic mass is 10.0. The Morgan fingerprint density at radius 2 is 2.22 bits per heavy atom. The van der Waals surface area contributed by atoms with Gasteiger partial charge < -0.3 is 25.4 Å². The van der Waals surface area contributed by atoms with Crippen LogP contribution < -0.4 is 10.6 Å². The molecular weight excluding hydrogens is 453 g/mol. The maximum atomic E-state index is 12.9. The summed E-state index contributed by atoms with van der Waals surface area (Å²) in [6, 6.07) is 5.13. The Hall–Kier alpha value is -2.13. The van der Waals surface area contributed by atoms with Crippen LogP contribution in [0.2, 0.25) is 10.0 Å². The Morgan fingerprint density at radius 1 is 1.38 bits per heavy atom. The maximum absolute atomic E-state index is 12.9. The summed E-state index contributed by atoms with van der Waals surface area (Å²) in [5.41, 5.74) is 2.78. The predicted molar refractivity (Wildman–Crippen MR) is 123 cm³/mol. The zero-order valence-corrected chi connectivity index (χ0v) is 19.4. The molecule has 2 aromatic rings. The number of urea groups is 1. The van der Waals surface area contributed by atoms with Crippen LogP contribution in [-0.2, 0) is 17.7 Å². The van der Waals surface area contributed by atoms with Crippen LogP contribution >= 0.6 is 23.2 Å². The molecule has 3 N–H and O–H groups in total. The summed E-state index contributed by atoms with van der Waals surface area (Å²) in [6.07, 6.45) is 3.92. The molecule has 3 atom stereocenters. The average molecular weight is 480 g/mol. The van der Waals surface area contributed by atoms with Gasteiger partial charge in [-0.05, 0) is 49.4 Å². The Labute approximate surface area is 197 Å². The van der Waals surface area contributed by atoms with Crippen LogP contribution in [0.1, 0.15) is 42.6 Å². The summed E-state index contributed by atoms with van der Waals surface area (Å²) in [6.45, 7) is 3.53. The largest absolute Gasteiger partial charge is 0.394 e. The van der Waals surface area contributed by atoms with Crippen LogP contribution in [-0.4, -0.2) is 57.9 Å².